The first-order chi connectivity index (χ1) is 19.9. The third kappa shape index (κ3) is 29.0. The molecule has 0 saturated carbocycles. The van der Waals surface area contributed by atoms with Gasteiger partial charge in [-0.25, -0.2) is 0 Å². The third-order valence-corrected chi connectivity index (χ3v) is 5.25. The van der Waals surface area contributed by atoms with Crippen LogP contribution in [0.25, 0.3) is 0 Å². The molecule has 1 fully saturated rings. The van der Waals surface area contributed by atoms with Crippen molar-refractivity contribution in [3.05, 3.63) is 0 Å². The number of ether oxygens (including phenoxy) is 12. The summed E-state index contributed by atoms with van der Waals surface area (Å²) in [5.74, 6) is 0. The lowest BCUT2D eigenvalue weighted by molar-refractivity contribution is -0.169. The SMILES string of the molecule is OCCOCCOCCOCCOCCOCCOCCOCCOCCOCCOCCOC1CCCCO1. The highest BCUT2D eigenvalue weighted by Gasteiger charge is 2.13. The molecular formula is C27H54O13. The first-order valence-corrected chi connectivity index (χ1v) is 14.5. The van der Waals surface area contributed by atoms with E-state index in [0.717, 1.165) is 19.4 Å². The Morgan fingerprint density at radius 1 is 0.400 bits per heavy atom. The van der Waals surface area contributed by atoms with E-state index in [1.54, 1.807) is 0 Å². The monoisotopic (exact) mass is 586 g/mol. The van der Waals surface area contributed by atoms with Gasteiger partial charge in [-0.3, -0.25) is 0 Å². The minimum absolute atomic E-state index is 0.0273. The van der Waals surface area contributed by atoms with E-state index in [1.165, 1.54) is 6.42 Å². The van der Waals surface area contributed by atoms with Crippen LogP contribution in [0.5, 0.6) is 0 Å². The molecule has 40 heavy (non-hydrogen) atoms. The highest BCUT2D eigenvalue weighted by Crippen LogP contribution is 2.13. The van der Waals surface area contributed by atoms with Gasteiger partial charge >= 0.3 is 0 Å². The molecule has 0 aliphatic carbocycles. The van der Waals surface area contributed by atoms with Gasteiger partial charge in [0.2, 0.25) is 0 Å². The highest BCUT2D eigenvalue weighted by molar-refractivity contribution is 4.53. The zero-order valence-corrected chi connectivity index (χ0v) is 24.3. The fraction of sp³-hybridized carbons (Fsp3) is 1.00. The van der Waals surface area contributed by atoms with Gasteiger partial charge in [-0.15, -0.1) is 0 Å². The Hall–Kier alpha value is -0.520. The van der Waals surface area contributed by atoms with E-state index in [0.29, 0.717) is 139 Å². The van der Waals surface area contributed by atoms with Gasteiger partial charge < -0.3 is 61.9 Å². The summed E-state index contributed by atoms with van der Waals surface area (Å²) in [7, 11) is 0. The van der Waals surface area contributed by atoms with Gasteiger partial charge in [-0.2, -0.15) is 0 Å². The molecule has 0 amide bonds. The van der Waals surface area contributed by atoms with Crippen LogP contribution < -0.4 is 0 Å². The molecule has 0 spiro atoms. The Balaban J connectivity index is 1.60. The van der Waals surface area contributed by atoms with Crippen molar-refractivity contribution >= 4 is 0 Å². The Kier molecular flexibility index (Phi) is 30.9. The van der Waals surface area contributed by atoms with Gasteiger partial charge in [-0.05, 0) is 19.3 Å². The number of aliphatic hydroxyl groups excluding tert-OH is 1. The number of hydrogen-bond acceptors (Lipinski definition) is 13. The molecule has 1 N–H and O–H groups in total. The van der Waals surface area contributed by atoms with Crippen LogP contribution in [0.2, 0.25) is 0 Å². The fourth-order valence-corrected chi connectivity index (χ4v) is 3.23. The maximum Gasteiger partial charge on any atom is 0.157 e. The average Bonchev–Trinajstić information content (AvgIpc) is 2.98. The van der Waals surface area contributed by atoms with Crippen LogP contribution in [0, 0.1) is 0 Å². The normalized spacial score (nSPS) is 15.7. The molecule has 1 saturated heterocycles. The van der Waals surface area contributed by atoms with Gasteiger partial charge in [0, 0.05) is 6.61 Å². The van der Waals surface area contributed by atoms with Crippen molar-refractivity contribution in [1.82, 2.24) is 0 Å². The van der Waals surface area contributed by atoms with Crippen LogP contribution in [-0.2, 0) is 56.8 Å². The molecule has 1 aliphatic heterocycles. The molecule has 0 aromatic rings. The van der Waals surface area contributed by atoms with Crippen molar-refractivity contribution in [2.24, 2.45) is 0 Å². The van der Waals surface area contributed by atoms with Crippen molar-refractivity contribution in [3.63, 3.8) is 0 Å². The fourth-order valence-electron chi connectivity index (χ4n) is 3.23. The summed E-state index contributed by atoms with van der Waals surface area (Å²) in [5, 5.41) is 8.57. The summed E-state index contributed by atoms with van der Waals surface area (Å²) in [6.45, 7) is 11.5. The van der Waals surface area contributed by atoms with Gasteiger partial charge in [0.1, 0.15) is 0 Å². The second-order valence-electron chi connectivity index (χ2n) is 8.51. The first-order valence-electron chi connectivity index (χ1n) is 14.5. The first kappa shape index (κ1) is 37.5. The summed E-state index contributed by atoms with van der Waals surface area (Å²) in [4.78, 5) is 0. The zero-order valence-electron chi connectivity index (χ0n) is 24.3. The van der Waals surface area contributed by atoms with Crippen LogP contribution in [0.15, 0.2) is 0 Å². The molecule has 1 heterocycles. The highest BCUT2D eigenvalue weighted by atomic mass is 16.7. The van der Waals surface area contributed by atoms with Crippen molar-refractivity contribution in [3.8, 4) is 0 Å². The largest absolute Gasteiger partial charge is 0.394 e. The average molecular weight is 587 g/mol. The molecule has 0 bridgehead atoms. The molecule has 1 unspecified atom stereocenters. The lowest BCUT2D eigenvalue weighted by atomic mass is 10.2. The van der Waals surface area contributed by atoms with E-state index in [-0.39, 0.29) is 12.9 Å². The minimum atomic E-state index is -0.0649. The molecule has 1 atom stereocenters. The van der Waals surface area contributed by atoms with Crippen LogP contribution in [-0.4, -0.2) is 163 Å². The van der Waals surface area contributed by atoms with Crippen molar-refractivity contribution < 1.29 is 61.9 Å². The lowest BCUT2D eigenvalue weighted by Crippen LogP contribution is -2.24. The van der Waals surface area contributed by atoms with Crippen molar-refractivity contribution in [2.45, 2.75) is 25.6 Å². The molecule has 0 radical (unpaired) electrons. The predicted molar refractivity (Wildman–Crippen MR) is 145 cm³/mol. The van der Waals surface area contributed by atoms with Gasteiger partial charge in [0.05, 0.1) is 145 Å². The van der Waals surface area contributed by atoms with Crippen molar-refractivity contribution in [1.29, 1.82) is 0 Å². The smallest absolute Gasteiger partial charge is 0.157 e. The van der Waals surface area contributed by atoms with E-state index in [2.05, 4.69) is 0 Å². The second-order valence-corrected chi connectivity index (χ2v) is 8.51. The number of rotatable bonds is 33. The minimum Gasteiger partial charge on any atom is -0.394 e. The Labute approximate surface area is 239 Å². The Bertz CT molecular complexity index is 470. The van der Waals surface area contributed by atoms with Gasteiger partial charge in [0.15, 0.2) is 6.29 Å². The van der Waals surface area contributed by atoms with Crippen molar-refractivity contribution in [2.75, 3.05) is 152 Å². The van der Waals surface area contributed by atoms with Gasteiger partial charge in [-0.1, -0.05) is 0 Å². The quantitative estimate of drug-likeness (QED) is 0.108. The number of hydrogen-bond donors (Lipinski definition) is 1. The molecule has 240 valence electrons. The summed E-state index contributed by atoms with van der Waals surface area (Å²) in [6, 6.07) is 0. The van der Waals surface area contributed by atoms with E-state index in [4.69, 9.17) is 61.9 Å². The Morgan fingerprint density at radius 3 is 0.975 bits per heavy atom. The third-order valence-electron chi connectivity index (χ3n) is 5.25. The predicted octanol–water partition coefficient (Wildman–Crippen LogP) is 0.688. The maximum absolute atomic E-state index is 8.57. The van der Waals surface area contributed by atoms with E-state index >= 15 is 0 Å². The summed E-state index contributed by atoms with van der Waals surface area (Å²) in [5.41, 5.74) is 0. The topological polar surface area (TPSA) is 131 Å². The summed E-state index contributed by atoms with van der Waals surface area (Å²) >= 11 is 0. The number of aliphatic hydroxyl groups is 1. The van der Waals surface area contributed by atoms with Crippen LogP contribution in [0.1, 0.15) is 19.3 Å². The molecule has 1 rings (SSSR count). The second kappa shape index (κ2) is 33.0. The van der Waals surface area contributed by atoms with E-state index < -0.39 is 0 Å². The Morgan fingerprint density at radius 2 is 0.700 bits per heavy atom. The maximum atomic E-state index is 8.57. The van der Waals surface area contributed by atoms with E-state index in [1.807, 2.05) is 0 Å². The summed E-state index contributed by atoms with van der Waals surface area (Å²) < 4.78 is 65.1. The van der Waals surface area contributed by atoms with Crippen LogP contribution >= 0.6 is 0 Å². The molecule has 0 aromatic heterocycles. The molecule has 13 heteroatoms. The summed E-state index contributed by atoms with van der Waals surface area (Å²) in [6.07, 6.45) is 3.19. The molecule has 13 nitrogen and oxygen atoms in total. The molecule has 1 aliphatic rings. The van der Waals surface area contributed by atoms with Crippen LogP contribution in [0.4, 0.5) is 0 Å². The molecular weight excluding hydrogens is 532 g/mol. The zero-order chi connectivity index (χ0) is 28.4. The van der Waals surface area contributed by atoms with Crippen LogP contribution in [0.3, 0.4) is 0 Å². The molecule has 0 aromatic carbocycles. The lowest BCUT2D eigenvalue weighted by Gasteiger charge is -2.22. The van der Waals surface area contributed by atoms with E-state index in [9.17, 15) is 0 Å². The standard InChI is InChI=1S/C27H54O13/c28-4-6-29-7-8-30-9-10-31-11-12-32-13-14-33-15-16-34-17-18-35-19-20-36-21-22-37-23-24-38-25-26-40-27-3-1-2-5-39-27/h27-28H,1-26H2. The van der Waals surface area contributed by atoms with Gasteiger partial charge in [0.25, 0.3) is 0 Å².